The lowest BCUT2D eigenvalue weighted by Crippen LogP contribution is -2.58. The van der Waals surface area contributed by atoms with E-state index in [9.17, 15) is 18.8 Å². The molecule has 2 atom stereocenters. The third kappa shape index (κ3) is 7.71. The molecular formula is C36H36FN5O6. The summed E-state index contributed by atoms with van der Waals surface area (Å²) in [6.07, 6.45) is 1.87. The van der Waals surface area contributed by atoms with Crippen LogP contribution in [0.5, 0.6) is 17.2 Å². The minimum Gasteiger partial charge on any atom is -0.493 e. The number of hydrogen-bond donors (Lipinski definition) is 2. The fourth-order valence-corrected chi connectivity index (χ4v) is 5.90. The van der Waals surface area contributed by atoms with Gasteiger partial charge in [-0.1, -0.05) is 36.4 Å². The lowest BCUT2D eigenvalue weighted by atomic mass is 9.99. The van der Waals surface area contributed by atoms with Gasteiger partial charge in [-0.05, 0) is 48.7 Å². The number of nitrogens with one attached hydrogen (secondary N) is 2. The molecule has 6 rings (SSSR count). The summed E-state index contributed by atoms with van der Waals surface area (Å²) in [4.78, 5) is 50.5. The van der Waals surface area contributed by atoms with E-state index in [4.69, 9.17) is 14.2 Å². The number of aryl methyl sites for hydroxylation is 2. The Labute approximate surface area is 277 Å². The number of aromatic nitrogens is 2. The lowest BCUT2D eigenvalue weighted by molar-refractivity contribution is -0.125. The number of amides is 3. The summed E-state index contributed by atoms with van der Waals surface area (Å²) in [5.74, 6) is 0.123. The van der Waals surface area contributed by atoms with Crippen LogP contribution in [0.4, 0.5) is 4.39 Å². The maximum Gasteiger partial charge on any atom is 0.258 e. The molecule has 4 aromatic rings. The molecule has 0 saturated carbocycles. The van der Waals surface area contributed by atoms with Crippen molar-refractivity contribution in [3.8, 4) is 28.5 Å². The van der Waals surface area contributed by atoms with Crippen LogP contribution in [0.2, 0.25) is 0 Å². The number of piperidine rings is 1. The predicted octanol–water partition coefficient (Wildman–Crippen LogP) is 4.02. The van der Waals surface area contributed by atoms with Gasteiger partial charge in [0.15, 0.2) is 18.1 Å². The van der Waals surface area contributed by atoms with Crippen molar-refractivity contribution in [1.29, 1.82) is 0 Å². The van der Waals surface area contributed by atoms with Gasteiger partial charge in [-0.15, -0.1) is 0 Å². The normalized spacial score (nSPS) is 18.5. The van der Waals surface area contributed by atoms with Gasteiger partial charge < -0.3 is 29.7 Å². The zero-order chi connectivity index (χ0) is 33.6. The molecule has 12 heteroatoms. The van der Waals surface area contributed by atoms with Gasteiger partial charge in [0.25, 0.3) is 11.8 Å². The SMILES string of the molecule is COc1ccc2cc1OCC(=O)N[C@@H]1CN(C(=O)c3cnc(C)nc3-c3ccccc3)CC[C@H]1Oc1cc(F)cc(c1)CNC(=O)CC2. The van der Waals surface area contributed by atoms with Crippen LogP contribution >= 0.6 is 0 Å². The molecule has 2 N–H and O–H groups in total. The third-order valence-corrected chi connectivity index (χ3v) is 8.31. The Morgan fingerprint density at radius 2 is 1.85 bits per heavy atom. The molecule has 2 aliphatic heterocycles. The summed E-state index contributed by atoms with van der Waals surface area (Å²) in [5, 5.41) is 5.82. The molecule has 0 radical (unpaired) electrons. The highest BCUT2D eigenvalue weighted by Gasteiger charge is 2.36. The number of nitrogens with zero attached hydrogens (tertiary/aromatic N) is 3. The van der Waals surface area contributed by atoms with Gasteiger partial charge >= 0.3 is 0 Å². The van der Waals surface area contributed by atoms with Crippen molar-refractivity contribution < 1.29 is 33.0 Å². The molecule has 0 spiro atoms. The molecule has 2 aliphatic rings. The highest BCUT2D eigenvalue weighted by Crippen LogP contribution is 2.29. The van der Waals surface area contributed by atoms with E-state index in [2.05, 4.69) is 20.6 Å². The Morgan fingerprint density at radius 1 is 1.02 bits per heavy atom. The number of ether oxygens (including phenoxy) is 3. The van der Waals surface area contributed by atoms with E-state index in [-0.39, 0.29) is 43.7 Å². The van der Waals surface area contributed by atoms with Gasteiger partial charge in [-0.2, -0.15) is 0 Å². The van der Waals surface area contributed by atoms with Crippen molar-refractivity contribution in [2.24, 2.45) is 0 Å². The molecule has 0 unspecified atom stereocenters. The molecule has 1 aromatic heterocycles. The number of carbonyl (C=O) groups excluding carboxylic acids is 3. The first-order valence-electron chi connectivity index (χ1n) is 15.8. The molecule has 0 aliphatic carbocycles. The first-order valence-corrected chi connectivity index (χ1v) is 15.8. The van der Waals surface area contributed by atoms with Gasteiger partial charge in [-0.3, -0.25) is 14.4 Å². The molecule has 48 heavy (non-hydrogen) atoms. The molecule has 248 valence electrons. The summed E-state index contributed by atoms with van der Waals surface area (Å²) < 4.78 is 32.3. The third-order valence-electron chi connectivity index (χ3n) is 8.31. The van der Waals surface area contributed by atoms with Gasteiger partial charge in [0, 0.05) is 50.3 Å². The van der Waals surface area contributed by atoms with Crippen LogP contribution < -0.4 is 24.8 Å². The van der Waals surface area contributed by atoms with Crippen molar-refractivity contribution >= 4 is 17.7 Å². The molecule has 4 bridgehead atoms. The molecular weight excluding hydrogens is 617 g/mol. The highest BCUT2D eigenvalue weighted by molar-refractivity contribution is 5.99. The van der Waals surface area contributed by atoms with E-state index in [0.29, 0.717) is 53.5 Å². The van der Waals surface area contributed by atoms with Crippen molar-refractivity contribution in [2.75, 3.05) is 26.8 Å². The van der Waals surface area contributed by atoms with Crippen LogP contribution in [-0.2, 0) is 22.6 Å². The molecule has 11 nitrogen and oxygen atoms in total. The first-order chi connectivity index (χ1) is 23.2. The summed E-state index contributed by atoms with van der Waals surface area (Å²) in [5.41, 5.74) is 2.99. The molecule has 1 fully saturated rings. The van der Waals surface area contributed by atoms with Gasteiger partial charge in [0.05, 0.1) is 24.4 Å². The Hall–Kier alpha value is -5.52. The lowest BCUT2D eigenvalue weighted by Gasteiger charge is -2.39. The van der Waals surface area contributed by atoms with Crippen molar-refractivity contribution in [3.05, 3.63) is 101 Å². The van der Waals surface area contributed by atoms with E-state index in [0.717, 1.165) is 11.1 Å². The Bertz CT molecular complexity index is 1820. The fraction of sp³-hybridized carbons (Fsp3) is 0.306. The van der Waals surface area contributed by atoms with Crippen LogP contribution in [0.1, 0.15) is 40.2 Å². The largest absolute Gasteiger partial charge is 0.493 e. The van der Waals surface area contributed by atoms with E-state index in [1.54, 1.807) is 30.0 Å². The average molecular weight is 654 g/mol. The number of fused-ring (bicyclic) bond motifs is 5. The summed E-state index contributed by atoms with van der Waals surface area (Å²) >= 11 is 0. The number of halogens is 1. The number of methoxy groups -OCH3 is 1. The second kappa shape index (κ2) is 14.5. The smallest absolute Gasteiger partial charge is 0.258 e. The zero-order valence-electron chi connectivity index (χ0n) is 26.7. The second-order valence-electron chi connectivity index (χ2n) is 11.8. The van der Waals surface area contributed by atoms with Crippen LogP contribution in [0.3, 0.4) is 0 Å². The van der Waals surface area contributed by atoms with Gasteiger partial charge in [0.1, 0.15) is 23.5 Å². The second-order valence-corrected chi connectivity index (χ2v) is 11.8. The zero-order valence-corrected chi connectivity index (χ0v) is 26.7. The van der Waals surface area contributed by atoms with Crippen LogP contribution in [-0.4, -0.2) is 71.5 Å². The fourth-order valence-electron chi connectivity index (χ4n) is 5.90. The topological polar surface area (TPSA) is 132 Å². The van der Waals surface area contributed by atoms with Crippen molar-refractivity contribution in [3.63, 3.8) is 0 Å². The van der Waals surface area contributed by atoms with Gasteiger partial charge in [-0.25, -0.2) is 14.4 Å². The molecule has 3 heterocycles. The number of carbonyl (C=O) groups is 3. The van der Waals surface area contributed by atoms with Crippen molar-refractivity contribution in [1.82, 2.24) is 25.5 Å². The highest BCUT2D eigenvalue weighted by atomic mass is 19.1. The van der Waals surface area contributed by atoms with E-state index < -0.39 is 23.9 Å². The van der Waals surface area contributed by atoms with Crippen LogP contribution in [0.25, 0.3) is 11.3 Å². The van der Waals surface area contributed by atoms with E-state index in [1.165, 1.54) is 25.4 Å². The monoisotopic (exact) mass is 653 g/mol. The standard InChI is InChI=1S/C36H36FN5O6/c1-22-38-19-28(35(40-22)25-6-4-3-5-7-25)36(45)42-13-12-30-29(20-42)41-34(44)21-47-32-16-23(8-10-31(32)46-2)9-11-33(43)39-18-24-14-26(37)17-27(15-24)48-30/h3-8,10,14-17,19,29-30H,9,11-13,18,20-21H2,1-2H3,(H,39,43)(H,41,44)/t29-,30-/m1/s1. The summed E-state index contributed by atoms with van der Waals surface area (Å²) in [6, 6.07) is 18.3. The Morgan fingerprint density at radius 3 is 2.67 bits per heavy atom. The Kier molecular flexibility index (Phi) is 9.79. The van der Waals surface area contributed by atoms with Crippen molar-refractivity contribution in [2.45, 2.75) is 44.9 Å². The molecule has 1 saturated heterocycles. The molecule has 3 aromatic carbocycles. The summed E-state index contributed by atoms with van der Waals surface area (Å²) in [7, 11) is 1.50. The van der Waals surface area contributed by atoms with E-state index >= 15 is 0 Å². The predicted molar refractivity (Wildman–Crippen MR) is 174 cm³/mol. The van der Waals surface area contributed by atoms with E-state index in [1.807, 2.05) is 36.4 Å². The minimum atomic E-state index is -0.677. The number of benzene rings is 3. The summed E-state index contributed by atoms with van der Waals surface area (Å²) in [6.45, 7) is 1.94. The first kappa shape index (κ1) is 32.4. The number of likely N-dealkylation sites (tertiary alicyclic amines) is 1. The van der Waals surface area contributed by atoms with Crippen LogP contribution in [0.15, 0.2) is 72.9 Å². The van der Waals surface area contributed by atoms with Gasteiger partial charge in [0.2, 0.25) is 5.91 Å². The quantitative estimate of drug-likeness (QED) is 0.339. The number of rotatable bonds is 3. The molecule has 3 amide bonds. The maximum absolute atomic E-state index is 14.7. The van der Waals surface area contributed by atoms with Crippen LogP contribution in [0, 0.1) is 12.7 Å². The number of hydrogen-bond acceptors (Lipinski definition) is 8. The average Bonchev–Trinajstić information content (AvgIpc) is 3.09. The maximum atomic E-state index is 14.7. The Balaban J connectivity index is 1.29. The minimum absolute atomic E-state index is 0.106.